The normalized spacial score (nSPS) is 21.5. The van der Waals surface area contributed by atoms with Gasteiger partial charge in [-0.25, -0.2) is 0 Å². The fourth-order valence-electron chi connectivity index (χ4n) is 9.15. The van der Waals surface area contributed by atoms with Gasteiger partial charge < -0.3 is 18.9 Å². The Morgan fingerprint density at radius 1 is 0.260 bits per heavy atom. The van der Waals surface area contributed by atoms with E-state index in [1.54, 1.807) is 0 Å². The quantitative estimate of drug-likeness (QED) is 0.154. The number of hydrogen-bond acceptors (Lipinski definition) is 4. The van der Waals surface area contributed by atoms with Gasteiger partial charge in [-0.15, -0.1) is 0 Å². The molecule has 9 aromatic carbocycles. The lowest BCUT2D eigenvalue weighted by Gasteiger charge is -2.55. The third kappa shape index (κ3) is 3.49. The highest BCUT2D eigenvalue weighted by molar-refractivity contribution is 6.15. The summed E-state index contributed by atoms with van der Waals surface area (Å²) in [6.45, 7) is 1.69. The SMILES string of the molecule is c1cc2cc3c1C14OCCOC1(OCCO4)c1ccc(cc13)c1ccc3ccc4ccc(cc4c3c1)c1ccc3ccc4ccc2cc4c3c1. The Kier molecular flexibility index (Phi) is 5.30. The molecule has 238 valence electrons. The second-order valence-corrected chi connectivity index (χ2v) is 14.0. The van der Waals surface area contributed by atoms with Gasteiger partial charge in [-0.3, -0.25) is 0 Å². The number of fused-ring (bicyclic) bond motifs is 9. The van der Waals surface area contributed by atoms with Gasteiger partial charge in [-0.2, -0.15) is 0 Å². The molecule has 0 saturated carbocycles. The molecule has 1 aliphatic carbocycles. The zero-order valence-electron chi connectivity index (χ0n) is 27.2. The highest BCUT2D eigenvalue weighted by Gasteiger charge is 2.65. The van der Waals surface area contributed by atoms with Gasteiger partial charge in [-0.1, -0.05) is 97.1 Å². The summed E-state index contributed by atoms with van der Waals surface area (Å²) in [5.74, 6) is -2.39. The van der Waals surface area contributed by atoms with Crippen LogP contribution in [0, 0.1) is 0 Å². The second kappa shape index (κ2) is 9.66. The van der Waals surface area contributed by atoms with Gasteiger partial charge in [0.1, 0.15) is 0 Å². The molecule has 4 nitrogen and oxygen atoms in total. The van der Waals surface area contributed by atoms with Gasteiger partial charge in [0.2, 0.25) is 0 Å². The van der Waals surface area contributed by atoms with Crippen LogP contribution in [0.25, 0.3) is 86.2 Å². The fourth-order valence-corrected chi connectivity index (χ4v) is 9.15. The summed E-state index contributed by atoms with van der Waals surface area (Å²) in [6, 6.07) is 49.7. The number of ether oxygens (including phenoxy) is 4. The average Bonchev–Trinajstić information content (AvgIpc) is 3.19. The number of hydrogen-bond donors (Lipinski definition) is 0. The van der Waals surface area contributed by atoms with E-state index < -0.39 is 11.6 Å². The van der Waals surface area contributed by atoms with Crippen LogP contribution >= 0.6 is 0 Å². The van der Waals surface area contributed by atoms with Crippen molar-refractivity contribution in [3.8, 4) is 0 Å². The summed E-state index contributed by atoms with van der Waals surface area (Å²) in [5, 5.41) is 19.1. The van der Waals surface area contributed by atoms with E-state index in [2.05, 4.69) is 133 Å². The topological polar surface area (TPSA) is 36.9 Å². The minimum Gasteiger partial charge on any atom is -0.339 e. The predicted octanol–water partition coefficient (Wildman–Crippen LogP) is 10.9. The van der Waals surface area contributed by atoms with Crippen LogP contribution in [0.2, 0.25) is 0 Å². The van der Waals surface area contributed by atoms with Gasteiger partial charge in [0, 0.05) is 11.1 Å². The molecular weight excluding hydrogens is 617 g/mol. The van der Waals surface area contributed by atoms with Crippen LogP contribution in [0.4, 0.5) is 0 Å². The first kappa shape index (κ1) is 27.5. The lowest BCUT2D eigenvalue weighted by molar-refractivity contribution is -0.482. The molecule has 2 saturated heterocycles. The van der Waals surface area contributed by atoms with Crippen LogP contribution in [0.1, 0.15) is 11.1 Å². The minimum atomic E-state index is -1.20. The van der Waals surface area contributed by atoms with E-state index in [9.17, 15) is 0 Å². The second-order valence-electron chi connectivity index (χ2n) is 14.0. The zero-order valence-corrected chi connectivity index (χ0v) is 27.2. The largest absolute Gasteiger partial charge is 0.339 e. The lowest BCUT2D eigenvalue weighted by Crippen LogP contribution is -2.63. The van der Waals surface area contributed by atoms with E-state index in [0.717, 1.165) is 43.4 Å². The summed E-state index contributed by atoms with van der Waals surface area (Å²) >= 11 is 0. The Morgan fingerprint density at radius 2 is 0.480 bits per heavy atom. The van der Waals surface area contributed by atoms with Crippen molar-refractivity contribution in [2.45, 2.75) is 11.6 Å². The first-order valence-electron chi connectivity index (χ1n) is 17.5. The standard InChI is InChI=1S/C46H30O4/c1-3-29-7-11-33-23-39(29)37-21-31(9-5-27(1)37)32-10-6-28-2-4-30-8-12-34(24-40(30)38(28)22-32)36-14-16-44-42(26-36)41-25-35(33)13-15-43(41)45-46(44,49-19-17-47-45)50-20-18-48-45/h1-16,21-26H,17-20H2. The molecule has 2 heterocycles. The lowest BCUT2D eigenvalue weighted by atomic mass is 9.78. The smallest absolute Gasteiger partial charge is 0.256 e. The molecular formula is C46H30O4. The van der Waals surface area contributed by atoms with Gasteiger partial charge in [0.15, 0.2) is 0 Å². The predicted molar refractivity (Wildman–Crippen MR) is 202 cm³/mol. The van der Waals surface area contributed by atoms with E-state index >= 15 is 0 Å². The zero-order chi connectivity index (χ0) is 32.6. The molecule has 2 aliphatic heterocycles. The maximum absolute atomic E-state index is 6.63. The number of rotatable bonds is 0. The van der Waals surface area contributed by atoms with Crippen molar-refractivity contribution in [3.05, 3.63) is 145 Å². The molecule has 12 rings (SSSR count). The molecule has 2 fully saturated rings. The molecule has 50 heavy (non-hydrogen) atoms. The van der Waals surface area contributed by atoms with Gasteiger partial charge in [-0.05, 0) is 123 Å². The maximum Gasteiger partial charge on any atom is 0.256 e. The fraction of sp³-hybridized carbons (Fsp3) is 0.130. The van der Waals surface area contributed by atoms with Crippen molar-refractivity contribution in [3.63, 3.8) is 0 Å². The Labute approximate surface area is 287 Å². The van der Waals surface area contributed by atoms with Crippen molar-refractivity contribution in [1.29, 1.82) is 0 Å². The van der Waals surface area contributed by atoms with Gasteiger partial charge in [0.25, 0.3) is 11.6 Å². The van der Waals surface area contributed by atoms with Crippen molar-refractivity contribution in [2.24, 2.45) is 0 Å². The Morgan fingerprint density at radius 3 is 0.760 bits per heavy atom. The van der Waals surface area contributed by atoms with Gasteiger partial charge in [0.05, 0.1) is 26.4 Å². The Balaban J connectivity index is 1.32. The molecule has 0 unspecified atom stereocenters. The molecule has 0 amide bonds. The molecule has 0 N–H and O–H groups in total. The molecule has 9 aromatic rings. The molecule has 0 radical (unpaired) electrons. The summed E-state index contributed by atoms with van der Waals surface area (Å²) in [6.07, 6.45) is 0. The van der Waals surface area contributed by atoms with E-state index in [-0.39, 0.29) is 0 Å². The third-order valence-corrected chi connectivity index (χ3v) is 11.5. The molecule has 0 aromatic heterocycles. The molecule has 12 bridgehead atoms. The highest BCUT2D eigenvalue weighted by Crippen LogP contribution is 2.58. The van der Waals surface area contributed by atoms with Gasteiger partial charge >= 0.3 is 0 Å². The molecule has 0 spiro atoms. The first-order chi connectivity index (χ1) is 24.7. The van der Waals surface area contributed by atoms with E-state index in [1.165, 1.54) is 53.9 Å². The first-order valence-corrected chi connectivity index (χ1v) is 17.5. The third-order valence-electron chi connectivity index (χ3n) is 11.5. The number of benzene rings is 8. The van der Waals surface area contributed by atoms with Crippen LogP contribution in [-0.4, -0.2) is 26.4 Å². The van der Waals surface area contributed by atoms with Crippen LogP contribution < -0.4 is 0 Å². The van der Waals surface area contributed by atoms with Crippen LogP contribution in [-0.2, 0) is 30.5 Å². The molecule has 4 heteroatoms. The van der Waals surface area contributed by atoms with Crippen molar-refractivity contribution in [1.82, 2.24) is 0 Å². The maximum atomic E-state index is 6.63. The van der Waals surface area contributed by atoms with E-state index in [4.69, 9.17) is 18.9 Å². The molecule has 0 atom stereocenters. The van der Waals surface area contributed by atoms with E-state index in [1.807, 2.05) is 0 Å². The van der Waals surface area contributed by atoms with Crippen LogP contribution in [0.3, 0.4) is 0 Å². The highest BCUT2D eigenvalue weighted by atomic mass is 16.8. The molecule has 3 aliphatic rings. The van der Waals surface area contributed by atoms with Crippen molar-refractivity contribution in [2.75, 3.05) is 26.4 Å². The van der Waals surface area contributed by atoms with Crippen molar-refractivity contribution >= 4 is 86.2 Å². The summed E-state index contributed by atoms with van der Waals surface area (Å²) in [7, 11) is 0. The summed E-state index contributed by atoms with van der Waals surface area (Å²) < 4.78 is 26.5. The summed E-state index contributed by atoms with van der Waals surface area (Å²) in [4.78, 5) is 0. The van der Waals surface area contributed by atoms with E-state index in [0.29, 0.717) is 26.4 Å². The Hall–Kier alpha value is -5.36. The average molecular weight is 647 g/mol. The van der Waals surface area contributed by atoms with Crippen LogP contribution in [0.15, 0.2) is 133 Å². The van der Waals surface area contributed by atoms with Crippen LogP contribution in [0.5, 0.6) is 0 Å². The monoisotopic (exact) mass is 646 g/mol. The summed E-state index contributed by atoms with van der Waals surface area (Å²) in [5.41, 5.74) is 1.88. The van der Waals surface area contributed by atoms with Crippen molar-refractivity contribution < 1.29 is 18.9 Å². The Bertz CT molecular complexity index is 2800. The minimum absolute atomic E-state index is 0.423.